The largest absolute Gasteiger partial charge is 0.487 e. The lowest BCUT2D eigenvalue weighted by molar-refractivity contribution is 0.0933. The standard InChI is InChI=1S/C25H22FN5O2/c1-15-13-27-16(2)23(30-15)21-12-18(26)10-17-11-19(33-24(17)21)14-28-25(32)20-6-3-4-7-22(20)31-9-5-8-29-31/h3-10,12-13,19H,11,14H2,1-2H3,(H,28,32)/t19-/m1/s1. The summed E-state index contributed by atoms with van der Waals surface area (Å²) in [6, 6.07) is 12.0. The van der Waals surface area contributed by atoms with Crippen molar-refractivity contribution in [2.75, 3.05) is 6.54 Å². The predicted octanol–water partition coefficient (Wildman–Crippen LogP) is 3.82. The Bertz CT molecular complexity index is 1340. The summed E-state index contributed by atoms with van der Waals surface area (Å²) in [5, 5.41) is 7.17. The number of aromatic nitrogens is 4. The first-order valence-electron chi connectivity index (χ1n) is 10.7. The maximum atomic E-state index is 14.4. The van der Waals surface area contributed by atoms with Crippen molar-refractivity contribution in [2.24, 2.45) is 0 Å². The van der Waals surface area contributed by atoms with Crippen molar-refractivity contribution in [1.29, 1.82) is 0 Å². The molecule has 166 valence electrons. The third kappa shape index (κ3) is 4.07. The SMILES string of the molecule is Cc1cnc(C)c(-c2cc(F)cc3c2O[C@@H](CNC(=O)c2ccccc2-n2cccn2)C3)n1. The number of benzene rings is 2. The minimum Gasteiger partial charge on any atom is -0.487 e. The number of ether oxygens (including phenoxy) is 1. The second-order valence-corrected chi connectivity index (χ2v) is 8.01. The molecule has 1 atom stereocenters. The fourth-order valence-electron chi connectivity index (χ4n) is 4.06. The predicted molar refractivity (Wildman–Crippen MR) is 121 cm³/mol. The number of hydrogen-bond acceptors (Lipinski definition) is 5. The number of carbonyl (C=O) groups excluding carboxylic acids is 1. The number of fused-ring (bicyclic) bond motifs is 1. The number of hydrogen-bond donors (Lipinski definition) is 1. The summed E-state index contributed by atoms with van der Waals surface area (Å²) in [4.78, 5) is 21.8. The smallest absolute Gasteiger partial charge is 0.253 e. The van der Waals surface area contributed by atoms with Gasteiger partial charge in [0.1, 0.15) is 17.7 Å². The van der Waals surface area contributed by atoms with Gasteiger partial charge in [0, 0.05) is 36.1 Å². The summed E-state index contributed by atoms with van der Waals surface area (Å²) in [5.41, 5.74) is 4.57. The van der Waals surface area contributed by atoms with Crippen molar-refractivity contribution in [3.63, 3.8) is 0 Å². The average Bonchev–Trinajstić information content (AvgIpc) is 3.48. The molecule has 2 aromatic carbocycles. The summed E-state index contributed by atoms with van der Waals surface area (Å²) in [6.45, 7) is 3.96. The quantitative estimate of drug-likeness (QED) is 0.507. The Labute approximate surface area is 190 Å². The van der Waals surface area contributed by atoms with Crippen molar-refractivity contribution in [3.8, 4) is 22.7 Å². The van der Waals surface area contributed by atoms with Crippen molar-refractivity contribution >= 4 is 5.91 Å². The molecule has 4 aromatic rings. The molecular formula is C25H22FN5O2. The minimum absolute atomic E-state index is 0.229. The van der Waals surface area contributed by atoms with Gasteiger partial charge in [0.05, 0.1) is 34.9 Å². The van der Waals surface area contributed by atoms with E-state index in [0.29, 0.717) is 40.4 Å². The number of rotatable bonds is 5. The fourth-order valence-corrected chi connectivity index (χ4v) is 4.06. The van der Waals surface area contributed by atoms with Crippen LogP contribution in [0.4, 0.5) is 4.39 Å². The van der Waals surface area contributed by atoms with Gasteiger partial charge in [-0.05, 0) is 44.2 Å². The summed E-state index contributed by atoms with van der Waals surface area (Å²) in [5.74, 6) is 0.0101. The highest BCUT2D eigenvalue weighted by molar-refractivity contribution is 5.97. The molecule has 0 saturated carbocycles. The van der Waals surface area contributed by atoms with Crippen molar-refractivity contribution in [3.05, 3.63) is 89.4 Å². The Morgan fingerprint density at radius 1 is 1.24 bits per heavy atom. The molecule has 2 aromatic heterocycles. The van der Waals surface area contributed by atoms with Gasteiger partial charge in [-0.2, -0.15) is 5.10 Å². The van der Waals surface area contributed by atoms with E-state index in [1.165, 1.54) is 12.1 Å². The second-order valence-electron chi connectivity index (χ2n) is 8.01. The molecule has 0 bridgehead atoms. The van der Waals surface area contributed by atoms with E-state index in [9.17, 15) is 9.18 Å². The molecule has 0 unspecified atom stereocenters. The van der Waals surface area contributed by atoms with Crippen LogP contribution in [0.25, 0.3) is 16.9 Å². The Balaban J connectivity index is 1.35. The van der Waals surface area contributed by atoms with Gasteiger partial charge in [-0.25, -0.2) is 14.1 Å². The summed E-state index contributed by atoms with van der Waals surface area (Å²) >= 11 is 0. The highest BCUT2D eigenvalue weighted by Gasteiger charge is 2.29. The van der Waals surface area contributed by atoms with Crippen LogP contribution in [0.1, 0.15) is 27.3 Å². The third-order valence-corrected chi connectivity index (χ3v) is 5.58. The van der Waals surface area contributed by atoms with Crippen LogP contribution in [0.15, 0.2) is 61.1 Å². The number of nitrogens with zero attached hydrogens (tertiary/aromatic N) is 4. The average molecular weight is 443 g/mol. The van der Waals surface area contributed by atoms with Gasteiger partial charge in [-0.1, -0.05) is 12.1 Å². The van der Waals surface area contributed by atoms with Gasteiger partial charge in [0.15, 0.2) is 0 Å². The molecule has 0 spiro atoms. The summed E-state index contributed by atoms with van der Waals surface area (Å²) in [7, 11) is 0. The number of halogens is 1. The van der Waals surface area contributed by atoms with E-state index in [1.54, 1.807) is 35.4 Å². The van der Waals surface area contributed by atoms with Crippen LogP contribution in [0.2, 0.25) is 0 Å². The zero-order chi connectivity index (χ0) is 22.9. The van der Waals surface area contributed by atoms with Crippen molar-refractivity contribution in [2.45, 2.75) is 26.4 Å². The molecule has 5 rings (SSSR count). The van der Waals surface area contributed by atoms with E-state index < -0.39 is 0 Å². The molecule has 0 saturated heterocycles. The maximum absolute atomic E-state index is 14.4. The zero-order valence-electron chi connectivity index (χ0n) is 18.2. The zero-order valence-corrected chi connectivity index (χ0v) is 18.2. The van der Waals surface area contributed by atoms with Gasteiger partial charge in [-0.3, -0.25) is 9.78 Å². The number of aryl methyl sites for hydroxylation is 2. The molecule has 3 heterocycles. The van der Waals surface area contributed by atoms with E-state index in [2.05, 4.69) is 20.4 Å². The van der Waals surface area contributed by atoms with Crippen LogP contribution in [0, 0.1) is 19.7 Å². The van der Waals surface area contributed by atoms with Crippen LogP contribution in [0.5, 0.6) is 5.75 Å². The molecule has 1 N–H and O–H groups in total. The normalized spacial score (nSPS) is 14.6. The first-order valence-corrected chi connectivity index (χ1v) is 10.7. The molecule has 0 fully saturated rings. The third-order valence-electron chi connectivity index (χ3n) is 5.58. The van der Waals surface area contributed by atoms with Crippen LogP contribution in [0.3, 0.4) is 0 Å². The van der Waals surface area contributed by atoms with E-state index in [-0.39, 0.29) is 24.4 Å². The number of nitrogens with one attached hydrogen (secondary N) is 1. The maximum Gasteiger partial charge on any atom is 0.253 e. The van der Waals surface area contributed by atoms with Gasteiger partial charge >= 0.3 is 0 Å². The van der Waals surface area contributed by atoms with E-state index >= 15 is 0 Å². The molecule has 0 aliphatic carbocycles. The summed E-state index contributed by atoms with van der Waals surface area (Å²) < 4.78 is 22.2. The van der Waals surface area contributed by atoms with Crippen LogP contribution in [-0.2, 0) is 6.42 Å². The highest BCUT2D eigenvalue weighted by atomic mass is 19.1. The molecule has 8 heteroatoms. The Hall–Kier alpha value is -4.07. The lowest BCUT2D eigenvalue weighted by atomic mass is 10.0. The van der Waals surface area contributed by atoms with Crippen LogP contribution < -0.4 is 10.1 Å². The monoisotopic (exact) mass is 443 g/mol. The molecule has 7 nitrogen and oxygen atoms in total. The van der Waals surface area contributed by atoms with Gasteiger partial charge in [0.2, 0.25) is 0 Å². The highest BCUT2D eigenvalue weighted by Crippen LogP contribution is 2.39. The molecule has 1 aliphatic heterocycles. The second kappa shape index (κ2) is 8.46. The van der Waals surface area contributed by atoms with Gasteiger partial charge in [-0.15, -0.1) is 0 Å². The molecule has 1 aliphatic rings. The molecule has 1 amide bonds. The van der Waals surface area contributed by atoms with Crippen molar-refractivity contribution in [1.82, 2.24) is 25.1 Å². The topological polar surface area (TPSA) is 81.9 Å². The minimum atomic E-state index is -0.354. The first kappa shape index (κ1) is 20.8. The lowest BCUT2D eigenvalue weighted by Gasteiger charge is -2.15. The lowest BCUT2D eigenvalue weighted by Crippen LogP contribution is -2.35. The van der Waals surface area contributed by atoms with Gasteiger partial charge < -0.3 is 10.1 Å². The summed E-state index contributed by atoms with van der Waals surface area (Å²) in [6.07, 6.45) is 5.29. The Morgan fingerprint density at radius 3 is 2.91 bits per heavy atom. The Morgan fingerprint density at radius 2 is 2.09 bits per heavy atom. The van der Waals surface area contributed by atoms with E-state index in [1.807, 2.05) is 32.0 Å². The molecule has 33 heavy (non-hydrogen) atoms. The van der Waals surface area contributed by atoms with E-state index in [4.69, 9.17) is 4.74 Å². The first-order chi connectivity index (χ1) is 16.0. The molecule has 0 radical (unpaired) electrons. The number of carbonyl (C=O) groups is 1. The number of amides is 1. The van der Waals surface area contributed by atoms with Crippen LogP contribution in [-0.4, -0.2) is 38.3 Å². The van der Waals surface area contributed by atoms with Crippen LogP contribution >= 0.6 is 0 Å². The van der Waals surface area contributed by atoms with Crippen molar-refractivity contribution < 1.29 is 13.9 Å². The fraction of sp³-hybridized carbons (Fsp3) is 0.200. The van der Waals surface area contributed by atoms with Gasteiger partial charge in [0.25, 0.3) is 5.91 Å². The van der Waals surface area contributed by atoms with E-state index in [0.717, 1.165) is 11.3 Å². The molecular weight excluding hydrogens is 421 g/mol. The Kier molecular flexibility index (Phi) is 5.34. The number of para-hydroxylation sites is 1.